The van der Waals surface area contributed by atoms with Crippen LogP contribution in [0, 0.1) is 11.6 Å². The Morgan fingerprint density at radius 3 is 1.93 bits per heavy atom. The second-order valence-corrected chi connectivity index (χ2v) is 15.7. The van der Waals surface area contributed by atoms with Crippen LogP contribution < -0.4 is 3.71 Å². The smallest absolute Gasteiger partial charge is 0.237 e. The van der Waals surface area contributed by atoms with Gasteiger partial charge in [-0.05, 0) is 73.0 Å². The molecule has 1 unspecified atom stereocenters. The number of pyridine rings is 1. The number of sulfonamides is 2. The molecule has 0 spiro atoms. The molecule has 1 atom stereocenters. The summed E-state index contributed by atoms with van der Waals surface area (Å²) in [6.45, 7) is 0. The molecule has 0 aliphatic carbocycles. The van der Waals surface area contributed by atoms with Gasteiger partial charge in [0.2, 0.25) is 20.0 Å². The fourth-order valence-corrected chi connectivity index (χ4v) is 10.3. The van der Waals surface area contributed by atoms with Crippen molar-refractivity contribution < 1.29 is 34.0 Å². The van der Waals surface area contributed by atoms with E-state index in [1.165, 1.54) is 24.3 Å². The molecule has 1 heterocycles. The van der Waals surface area contributed by atoms with Gasteiger partial charge in [-0.25, -0.2) is 39.0 Å². The third kappa shape index (κ3) is 7.42. The number of rotatable bonds is 13. The van der Waals surface area contributed by atoms with Crippen molar-refractivity contribution in [2.24, 2.45) is 0 Å². The van der Waals surface area contributed by atoms with Gasteiger partial charge in [0, 0.05) is 28.5 Å². The van der Waals surface area contributed by atoms with Crippen LogP contribution in [-0.4, -0.2) is 53.5 Å². The van der Waals surface area contributed by atoms with Crippen LogP contribution in [0.2, 0.25) is 5.02 Å². The van der Waals surface area contributed by atoms with Gasteiger partial charge in [-0.3, -0.25) is 0 Å². The fourth-order valence-electron chi connectivity index (χ4n) is 3.80. The summed E-state index contributed by atoms with van der Waals surface area (Å²) >= 11 is 17.1. The number of alkyl halides is 2. The maximum absolute atomic E-state index is 15.0. The van der Waals surface area contributed by atoms with Gasteiger partial charge in [0.25, 0.3) is 0 Å². The molecule has 0 saturated heterocycles. The Balaban J connectivity index is 2.30. The SMILES string of the molecule is O=S(=O)(c1ccc(Cl)cc1)C(c1ccnc(N(S(=O)(=O)CCCCl)S(=O)(=O)CCCCl)c1)c1cc(F)ccc1F. The molecule has 0 aliphatic rings. The molecule has 0 radical (unpaired) electrons. The number of halogens is 5. The van der Waals surface area contributed by atoms with Crippen molar-refractivity contribution in [2.75, 3.05) is 27.0 Å². The minimum absolute atomic E-state index is 0.0808. The van der Waals surface area contributed by atoms with Gasteiger partial charge in [0.15, 0.2) is 15.7 Å². The molecule has 8 nitrogen and oxygen atoms in total. The van der Waals surface area contributed by atoms with Crippen LogP contribution in [0.4, 0.5) is 14.6 Å². The highest BCUT2D eigenvalue weighted by Crippen LogP contribution is 2.38. The Labute approximate surface area is 246 Å². The lowest BCUT2D eigenvalue weighted by Gasteiger charge is -2.25. The topological polar surface area (TPSA) is 119 Å². The van der Waals surface area contributed by atoms with Crippen molar-refractivity contribution in [1.82, 2.24) is 4.98 Å². The van der Waals surface area contributed by atoms with E-state index in [2.05, 4.69) is 4.98 Å². The van der Waals surface area contributed by atoms with Gasteiger partial charge in [0.1, 0.15) is 16.9 Å². The Hall–Kier alpha value is -2.03. The second kappa shape index (κ2) is 13.3. The lowest BCUT2D eigenvalue weighted by molar-refractivity contribution is 0.569. The van der Waals surface area contributed by atoms with E-state index in [-0.39, 0.29) is 43.8 Å². The molecule has 2 aromatic carbocycles. The highest BCUT2D eigenvalue weighted by Gasteiger charge is 2.38. The van der Waals surface area contributed by atoms with Crippen molar-refractivity contribution >= 4 is 70.5 Å². The van der Waals surface area contributed by atoms with Crippen molar-refractivity contribution in [3.63, 3.8) is 0 Å². The molecule has 0 saturated carbocycles. The fraction of sp³-hybridized carbons (Fsp3) is 0.292. The van der Waals surface area contributed by atoms with Gasteiger partial charge in [0.05, 0.1) is 16.4 Å². The van der Waals surface area contributed by atoms with Crippen LogP contribution in [0.15, 0.2) is 65.7 Å². The molecule has 0 N–H and O–H groups in total. The number of aromatic nitrogens is 1. The number of hydrogen-bond acceptors (Lipinski definition) is 7. The molecule has 0 fully saturated rings. The standard InChI is InChI=1S/C24H23Cl3F2N2O6S3/c25-10-1-13-38(32,33)31(39(34,35)14-2-11-26)23-15-17(9-12-30-23)24(21-16-19(28)5-8-22(21)29)40(36,37)20-6-3-18(27)4-7-20/h3-9,12,15-16,24H,1-2,10-11,13-14H2. The summed E-state index contributed by atoms with van der Waals surface area (Å²) in [5, 5.41) is -1.71. The van der Waals surface area contributed by atoms with Gasteiger partial charge in [-0.15, -0.1) is 26.9 Å². The largest absolute Gasteiger partial charge is 0.249 e. The predicted octanol–water partition coefficient (Wildman–Crippen LogP) is 5.30. The van der Waals surface area contributed by atoms with Gasteiger partial charge < -0.3 is 0 Å². The lowest BCUT2D eigenvalue weighted by atomic mass is 10.0. The van der Waals surface area contributed by atoms with Crippen LogP contribution in [0.5, 0.6) is 0 Å². The Morgan fingerprint density at radius 1 is 0.800 bits per heavy atom. The van der Waals surface area contributed by atoms with Crippen LogP contribution in [0.25, 0.3) is 0 Å². The van der Waals surface area contributed by atoms with Gasteiger partial charge >= 0.3 is 0 Å². The molecule has 218 valence electrons. The van der Waals surface area contributed by atoms with E-state index in [9.17, 15) is 29.6 Å². The summed E-state index contributed by atoms with van der Waals surface area (Å²) in [5.74, 6) is -4.14. The first kappa shape index (κ1) is 32.5. The van der Waals surface area contributed by atoms with E-state index in [0.29, 0.717) is 6.07 Å². The average molecular weight is 676 g/mol. The first-order valence-electron chi connectivity index (χ1n) is 11.5. The van der Waals surface area contributed by atoms with Crippen molar-refractivity contribution in [3.05, 3.63) is 88.6 Å². The molecular formula is C24H23Cl3F2N2O6S3. The zero-order valence-electron chi connectivity index (χ0n) is 20.6. The van der Waals surface area contributed by atoms with Crippen LogP contribution in [0.1, 0.15) is 29.2 Å². The van der Waals surface area contributed by atoms with Gasteiger partial charge in [-0.2, -0.15) is 0 Å². The summed E-state index contributed by atoms with van der Waals surface area (Å²) in [6.07, 6.45) is 0.799. The van der Waals surface area contributed by atoms with E-state index < -0.39 is 69.7 Å². The minimum atomic E-state index is -4.58. The minimum Gasteiger partial charge on any atom is -0.237 e. The molecule has 40 heavy (non-hydrogen) atoms. The average Bonchev–Trinajstić information content (AvgIpc) is 2.88. The summed E-state index contributed by atoms with van der Waals surface area (Å²) in [7, 11) is -13.7. The van der Waals surface area contributed by atoms with Gasteiger partial charge in [-0.1, -0.05) is 11.6 Å². The number of anilines is 1. The third-order valence-electron chi connectivity index (χ3n) is 5.53. The van der Waals surface area contributed by atoms with Crippen LogP contribution in [-0.2, 0) is 29.9 Å². The monoisotopic (exact) mass is 674 g/mol. The van der Waals surface area contributed by atoms with Crippen LogP contribution >= 0.6 is 34.8 Å². The zero-order valence-corrected chi connectivity index (χ0v) is 25.3. The molecule has 0 aliphatic heterocycles. The van der Waals surface area contributed by atoms with Crippen molar-refractivity contribution in [3.8, 4) is 0 Å². The molecule has 1 aromatic heterocycles. The van der Waals surface area contributed by atoms with E-state index in [4.69, 9.17) is 34.8 Å². The normalized spacial score (nSPS) is 13.2. The summed E-state index contributed by atoms with van der Waals surface area (Å²) in [4.78, 5) is 3.59. The second-order valence-electron chi connectivity index (χ2n) is 8.41. The zero-order chi connectivity index (χ0) is 29.7. The number of benzene rings is 2. The Bertz CT molecular complexity index is 1640. The molecular weight excluding hydrogens is 653 g/mol. The van der Waals surface area contributed by atoms with E-state index >= 15 is 4.39 Å². The Kier molecular flexibility index (Phi) is 10.8. The maximum atomic E-state index is 15.0. The predicted molar refractivity (Wildman–Crippen MR) is 152 cm³/mol. The first-order chi connectivity index (χ1) is 18.7. The molecule has 3 rings (SSSR count). The first-order valence-corrected chi connectivity index (χ1v) is 17.7. The van der Waals surface area contributed by atoms with E-state index in [0.717, 1.165) is 30.5 Å². The van der Waals surface area contributed by atoms with E-state index in [1.807, 2.05) is 0 Å². The maximum Gasteiger partial charge on any atom is 0.249 e. The highest BCUT2D eigenvalue weighted by atomic mass is 35.5. The lowest BCUT2D eigenvalue weighted by Crippen LogP contribution is -2.40. The molecule has 0 amide bonds. The highest BCUT2D eigenvalue weighted by molar-refractivity contribution is 8.10. The molecule has 0 bridgehead atoms. The molecule has 16 heteroatoms. The van der Waals surface area contributed by atoms with Crippen molar-refractivity contribution in [2.45, 2.75) is 23.0 Å². The van der Waals surface area contributed by atoms with E-state index in [1.54, 1.807) is 0 Å². The summed E-state index contributed by atoms with van der Waals surface area (Å²) in [5.41, 5.74) is -0.858. The summed E-state index contributed by atoms with van der Waals surface area (Å²) in [6, 6.07) is 9.21. The molecule has 3 aromatic rings. The number of sulfone groups is 1. The van der Waals surface area contributed by atoms with Crippen molar-refractivity contribution in [1.29, 1.82) is 0 Å². The van der Waals surface area contributed by atoms with Crippen LogP contribution in [0.3, 0.4) is 0 Å². The third-order valence-corrected chi connectivity index (χ3v) is 12.7. The quantitative estimate of drug-likeness (QED) is 0.226. The number of nitrogens with zero attached hydrogens (tertiary/aromatic N) is 2. The Morgan fingerprint density at radius 2 is 1.38 bits per heavy atom. The summed E-state index contributed by atoms with van der Waals surface area (Å²) < 4.78 is 110. The number of hydrogen-bond donors (Lipinski definition) is 0.